The average molecular weight is 242 g/mol. The topological polar surface area (TPSA) is 4.44 Å². The normalized spacial score (nSPS) is 27.6. The van der Waals surface area contributed by atoms with Crippen molar-refractivity contribution in [3.05, 3.63) is 11.8 Å². The molecule has 0 saturated carbocycles. The smallest absolute Gasteiger partial charge is 0.110 e. The molecule has 0 aliphatic carbocycles. The van der Waals surface area contributed by atoms with Gasteiger partial charge in [0.25, 0.3) is 0 Å². The number of piperidine rings is 1. The lowest BCUT2D eigenvalue weighted by atomic mass is 10.0. The molecular formula is C12H20NS2+. The number of nitrogens with one attached hydrogen (secondary N) is 1. The van der Waals surface area contributed by atoms with Gasteiger partial charge in [-0.25, -0.2) is 0 Å². The van der Waals surface area contributed by atoms with Crippen LogP contribution in [0.15, 0.2) is 11.8 Å². The highest BCUT2D eigenvalue weighted by Gasteiger charge is 2.32. The molecule has 1 nitrogen and oxygen atoms in total. The van der Waals surface area contributed by atoms with Crippen molar-refractivity contribution in [1.29, 1.82) is 0 Å². The van der Waals surface area contributed by atoms with E-state index in [1.807, 2.05) is 11.8 Å². The zero-order valence-electron chi connectivity index (χ0n) is 9.64. The summed E-state index contributed by atoms with van der Waals surface area (Å²) in [4.78, 5) is 1.69. The maximum absolute atomic E-state index is 5.37. The number of thiocarbonyl (C=S) groups is 1. The van der Waals surface area contributed by atoms with Crippen molar-refractivity contribution in [2.45, 2.75) is 44.3 Å². The molecule has 0 radical (unpaired) electrons. The summed E-state index contributed by atoms with van der Waals surface area (Å²) >= 11 is 7.23. The van der Waals surface area contributed by atoms with E-state index >= 15 is 0 Å². The molecule has 0 aromatic heterocycles. The van der Waals surface area contributed by atoms with E-state index in [2.05, 4.69) is 19.9 Å². The van der Waals surface area contributed by atoms with Crippen molar-refractivity contribution >= 4 is 28.2 Å². The first-order valence-electron chi connectivity index (χ1n) is 5.85. The molecule has 2 rings (SSSR count). The summed E-state index contributed by atoms with van der Waals surface area (Å²) in [6.07, 6.45) is 7.64. The van der Waals surface area contributed by atoms with Crippen molar-refractivity contribution in [1.82, 2.24) is 0 Å². The van der Waals surface area contributed by atoms with E-state index in [-0.39, 0.29) is 0 Å². The van der Waals surface area contributed by atoms with Crippen LogP contribution in [0.25, 0.3) is 0 Å². The Morgan fingerprint density at radius 1 is 1.27 bits per heavy atom. The molecule has 2 aliphatic rings. The van der Waals surface area contributed by atoms with Gasteiger partial charge in [-0.05, 0) is 33.1 Å². The number of allylic oxidation sites excluding steroid dienone is 1. The number of rotatable bonds is 1. The minimum absolute atomic E-state index is 0.311. The first-order valence-corrected chi connectivity index (χ1v) is 7.08. The fourth-order valence-electron chi connectivity index (χ4n) is 2.52. The van der Waals surface area contributed by atoms with Crippen LogP contribution in [0.4, 0.5) is 0 Å². The van der Waals surface area contributed by atoms with Gasteiger partial charge in [0.2, 0.25) is 0 Å². The molecule has 1 saturated heterocycles. The van der Waals surface area contributed by atoms with Gasteiger partial charge in [-0.3, -0.25) is 0 Å². The minimum Gasteiger partial charge on any atom is -0.306 e. The molecule has 2 heterocycles. The van der Waals surface area contributed by atoms with Crippen LogP contribution >= 0.6 is 24.0 Å². The molecule has 0 aromatic carbocycles. The van der Waals surface area contributed by atoms with Gasteiger partial charge >= 0.3 is 0 Å². The quantitative estimate of drug-likeness (QED) is 0.703. The zero-order chi connectivity index (χ0) is 10.9. The first-order chi connectivity index (χ1) is 7.07. The Hall–Kier alpha value is 0.140. The highest BCUT2D eigenvalue weighted by atomic mass is 32.2. The maximum atomic E-state index is 5.37. The van der Waals surface area contributed by atoms with Gasteiger partial charge in [0.05, 0.1) is 17.3 Å². The van der Waals surface area contributed by atoms with E-state index in [1.54, 1.807) is 10.6 Å². The zero-order valence-corrected chi connectivity index (χ0v) is 11.3. The molecule has 0 amide bonds. The molecule has 84 valence electrons. The molecular weight excluding hydrogens is 222 g/mol. The van der Waals surface area contributed by atoms with Gasteiger partial charge in [-0.2, -0.15) is 0 Å². The van der Waals surface area contributed by atoms with E-state index in [9.17, 15) is 0 Å². The van der Waals surface area contributed by atoms with Gasteiger partial charge in [-0.1, -0.05) is 12.2 Å². The Kier molecular flexibility index (Phi) is 3.53. The Bertz CT molecular complexity index is 288. The van der Waals surface area contributed by atoms with Crippen molar-refractivity contribution < 1.29 is 4.90 Å². The summed E-state index contributed by atoms with van der Waals surface area (Å²) in [5.74, 6) is 0. The summed E-state index contributed by atoms with van der Waals surface area (Å²) < 4.78 is 1.39. The molecule has 3 heteroatoms. The maximum Gasteiger partial charge on any atom is 0.110 e. The fourth-order valence-corrected chi connectivity index (χ4v) is 4.31. The third-order valence-electron chi connectivity index (χ3n) is 3.20. The molecule has 0 spiro atoms. The molecule has 15 heavy (non-hydrogen) atoms. The van der Waals surface area contributed by atoms with Crippen LogP contribution in [0.3, 0.4) is 0 Å². The predicted molar refractivity (Wildman–Crippen MR) is 71.5 cm³/mol. The summed E-state index contributed by atoms with van der Waals surface area (Å²) in [5, 5.41) is 0. The Labute approximate surface area is 102 Å². The average Bonchev–Trinajstić information content (AvgIpc) is 2.16. The van der Waals surface area contributed by atoms with Gasteiger partial charge in [-0.15, -0.1) is 11.8 Å². The van der Waals surface area contributed by atoms with Crippen LogP contribution in [0.2, 0.25) is 0 Å². The first kappa shape index (κ1) is 11.6. The van der Waals surface area contributed by atoms with Crippen LogP contribution in [0, 0.1) is 0 Å². The second-order valence-electron chi connectivity index (χ2n) is 5.19. The number of hydrogen-bond donors (Lipinski definition) is 1. The summed E-state index contributed by atoms with van der Waals surface area (Å²) in [6.45, 7) is 7.24. The monoisotopic (exact) mass is 242 g/mol. The Morgan fingerprint density at radius 2 is 1.93 bits per heavy atom. The number of thioether (sulfide) groups is 1. The van der Waals surface area contributed by atoms with Crippen molar-refractivity contribution in [3.63, 3.8) is 0 Å². The SMILES string of the molecule is CC1(C)CC([NH+]2CCCCC2)=CC(=S)S1. The lowest BCUT2D eigenvalue weighted by molar-refractivity contribution is -0.867. The molecule has 0 bridgehead atoms. The molecule has 1 N–H and O–H groups in total. The van der Waals surface area contributed by atoms with Crippen LogP contribution in [-0.2, 0) is 0 Å². The van der Waals surface area contributed by atoms with Crippen LogP contribution in [0.1, 0.15) is 39.5 Å². The third kappa shape index (κ3) is 3.05. The Balaban J connectivity index is 2.10. The molecule has 0 aromatic rings. The Morgan fingerprint density at radius 3 is 2.53 bits per heavy atom. The van der Waals surface area contributed by atoms with E-state index < -0.39 is 0 Å². The van der Waals surface area contributed by atoms with Crippen LogP contribution in [0.5, 0.6) is 0 Å². The van der Waals surface area contributed by atoms with E-state index in [0.29, 0.717) is 4.75 Å². The van der Waals surface area contributed by atoms with Gasteiger partial charge in [0, 0.05) is 17.2 Å². The van der Waals surface area contributed by atoms with E-state index in [1.165, 1.54) is 38.8 Å². The van der Waals surface area contributed by atoms with Gasteiger partial charge in [0.15, 0.2) is 0 Å². The van der Waals surface area contributed by atoms with Gasteiger partial charge < -0.3 is 4.90 Å². The second kappa shape index (κ2) is 4.56. The van der Waals surface area contributed by atoms with Crippen molar-refractivity contribution in [3.8, 4) is 0 Å². The van der Waals surface area contributed by atoms with Crippen molar-refractivity contribution in [2.75, 3.05) is 13.1 Å². The fraction of sp³-hybridized carbons (Fsp3) is 0.750. The van der Waals surface area contributed by atoms with E-state index in [4.69, 9.17) is 12.2 Å². The molecule has 1 fully saturated rings. The lowest BCUT2D eigenvalue weighted by Gasteiger charge is -2.33. The number of quaternary nitrogens is 1. The third-order valence-corrected chi connectivity index (χ3v) is 4.58. The molecule has 0 atom stereocenters. The molecule has 2 aliphatic heterocycles. The summed E-state index contributed by atoms with van der Waals surface area (Å²) in [6, 6.07) is 0. The highest BCUT2D eigenvalue weighted by Crippen LogP contribution is 2.35. The summed E-state index contributed by atoms with van der Waals surface area (Å²) in [7, 11) is 0. The summed E-state index contributed by atoms with van der Waals surface area (Å²) in [5.41, 5.74) is 1.56. The van der Waals surface area contributed by atoms with Gasteiger partial charge in [0.1, 0.15) is 5.70 Å². The van der Waals surface area contributed by atoms with Crippen LogP contribution < -0.4 is 4.90 Å². The van der Waals surface area contributed by atoms with Crippen molar-refractivity contribution in [2.24, 2.45) is 0 Å². The lowest BCUT2D eigenvalue weighted by Crippen LogP contribution is -3.11. The number of hydrogen-bond acceptors (Lipinski definition) is 2. The van der Waals surface area contributed by atoms with Crippen LogP contribution in [-0.4, -0.2) is 22.0 Å². The van der Waals surface area contributed by atoms with E-state index in [0.717, 1.165) is 4.20 Å². The minimum atomic E-state index is 0.311. The standard InChI is InChI=1S/C12H19NS2/c1-12(2)9-10(8-11(14)15-12)13-6-4-3-5-7-13/h8H,3-7,9H2,1-2H3/p+1. The highest BCUT2D eigenvalue weighted by molar-refractivity contribution is 8.24. The number of likely N-dealkylation sites (tertiary alicyclic amines) is 1. The second-order valence-corrected chi connectivity index (χ2v) is 7.64. The predicted octanol–water partition coefficient (Wildman–Crippen LogP) is 2.18. The largest absolute Gasteiger partial charge is 0.306 e. The molecule has 0 unspecified atom stereocenters.